The number of carbonyl (C=O) groups is 1. The number of piperidine rings is 3. The Hall–Kier alpha value is -1.40. The number of H-pyrrole nitrogens is 1. The largest absolute Gasteiger partial charge is 0.335 e. The predicted octanol–water partition coefficient (Wildman–Crippen LogP) is 1.13. The molecule has 0 saturated carbocycles. The van der Waals surface area contributed by atoms with E-state index in [9.17, 15) is 4.79 Å². The van der Waals surface area contributed by atoms with Crippen LogP contribution in [0.5, 0.6) is 0 Å². The van der Waals surface area contributed by atoms with E-state index in [1.165, 1.54) is 32.5 Å². The van der Waals surface area contributed by atoms with E-state index >= 15 is 0 Å². The minimum Gasteiger partial charge on any atom is -0.335 e. The molecule has 4 saturated heterocycles. The number of nitrogens with one attached hydrogen (secondary N) is 1. The van der Waals surface area contributed by atoms with Crippen molar-refractivity contribution >= 4 is 5.91 Å². The number of hydrogen-bond donors (Lipinski definition) is 1. The standard InChI is InChI=1S/C18H29N5O/c1-3-15-13(2)17(20-19-15)18(24)23-10-8-22(9-11-23)16-12-21-6-4-14(16)5-7-21/h14,16H,3-12H2,1-2H3,(H,19,20)/t16-/m0/s1. The number of amides is 1. The summed E-state index contributed by atoms with van der Waals surface area (Å²) in [5, 5.41) is 7.27. The summed E-state index contributed by atoms with van der Waals surface area (Å²) in [5.74, 6) is 0.968. The second-order valence-electron chi connectivity index (χ2n) is 7.56. The highest BCUT2D eigenvalue weighted by Crippen LogP contribution is 2.31. The second kappa shape index (κ2) is 6.48. The van der Waals surface area contributed by atoms with Crippen LogP contribution in [0, 0.1) is 12.8 Å². The van der Waals surface area contributed by atoms with Crippen LogP contribution in [0.1, 0.15) is 41.5 Å². The van der Waals surface area contributed by atoms with Crippen molar-refractivity contribution in [3.63, 3.8) is 0 Å². The van der Waals surface area contributed by atoms with Gasteiger partial charge in [-0.05, 0) is 45.2 Å². The average Bonchev–Trinajstić information content (AvgIpc) is 3.02. The minimum absolute atomic E-state index is 0.0945. The lowest BCUT2D eigenvalue weighted by Crippen LogP contribution is -2.61. The molecule has 5 heterocycles. The van der Waals surface area contributed by atoms with Gasteiger partial charge in [0.2, 0.25) is 0 Å². The van der Waals surface area contributed by atoms with Crippen molar-refractivity contribution in [3.05, 3.63) is 17.0 Å². The van der Waals surface area contributed by atoms with Gasteiger partial charge in [-0.2, -0.15) is 5.10 Å². The number of aromatic amines is 1. The van der Waals surface area contributed by atoms with Crippen LogP contribution in [0.15, 0.2) is 0 Å². The predicted molar refractivity (Wildman–Crippen MR) is 93.1 cm³/mol. The van der Waals surface area contributed by atoms with E-state index in [-0.39, 0.29) is 5.91 Å². The molecule has 1 N–H and O–H groups in total. The molecule has 2 bridgehead atoms. The van der Waals surface area contributed by atoms with Gasteiger partial charge in [0.15, 0.2) is 5.69 Å². The lowest BCUT2D eigenvalue weighted by atomic mass is 9.83. The summed E-state index contributed by atoms with van der Waals surface area (Å²) in [5.41, 5.74) is 2.70. The summed E-state index contributed by atoms with van der Waals surface area (Å²) < 4.78 is 0. The molecule has 0 unspecified atom stereocenters. The molecule has 4 aliphatic rings. The molecular formula is C18H29N5O. The first-order valence-electron chi connectivity index (χ1n) is 9.47. The summed E-state index contributed by atoms with van der Waals surface area (Å²) in [6, 6.07) is 0.712. The average molecular weight is 331 g/mol. The Morgan fingerprint density at radius 1 is 1.17 bits per heavy atom. The number of fused-ring (bicyclic) bond motifs is 3. The van der Waals surface area contributed by atoms with Gasteiger partial charge in [0.1, 0.15) is 0 Å². The Morgan fingerprint density at radius 3 is 2.42 bits per heavy atom. The number of carbonyl (C=O) groups excluding carboxylic acids is 1. The van der Waals surface area contributed by atoms with Gasteiger partial charge < -0.3 is 9.80 Å². The number of rotatable bonds is 3. The number of aryl methyl sites for hydroxylation is 1. The van der Waals surface area contributed by atoms with E-state index in [1.807, 2.05) is 11.8 Å². The highest BCUT2D eigenvalue weighted by molar-refractivity contribution is 5.94. The first-order chi connectivity index (χ1) is 11.7. The second-order valence-corrected chi connectivity index (χ2v) is 7.56. The van der Waals surface area contributed by atoms with E-state index in [0.717, 1.165) is 49.8 Å². The van der Waals surface area contributed by atoms with Gasteiger partial charge in [-0.25, -0.2) is 0 Å². The Kier molecular flexibility index (Phi) is 4.35. The number of piperazine rings is 1. The third-order valence-electron chi connectivity index (χ3n) is 6.36. The molecule has 1 amide bonds. The molecule has 132 valence electrons. The van der Waals surface area contributed by atoms with Crippen LogP contribution in [0.2, 0.25) is 0 Å². The molecule has 0 aliphatic carbocycles. The molecule has 0 radical (unpaired) electrons. The molecule has 6 heteroatoms. The lowest BCUT2D eigenvalue weighted by Gasteiger charge is -2.50. The number of hydrogen-bond acceptors (Lipinski definition) is 4. The molecule has 6 nitrogen and oxygen atoms in total. The van der Waals surface area contributed by atoms with Crippen LogP contribution < -0.4 is 0 Å². The molecule has 1 atom stereocenters. The Bertz CT molecular complexity index is 597. The summed E-state index contributed by atoms with van der Waals surface area (Å²) >= 11 is 0. The molecule has 4 fully saturated rings. The molecule has 1 aromatic heterocycles. The van der Waals surface area contributed by atoms with Crippen molar-refractivity contribution in [2.45, 2.75) is 39.2 Å². The zero-order valence-corrected chi connectivity index (χ0v) is 14.9. The summed E-state index contributed by atoms with van der Waals surface area (Å²) in [6.45, 7) is 11.6. The Labute approximate surface area is 144 Å². The van der Waals surface area contributed by atoms with Crippen molar-refractivity contribution in [1.29, 1.82) is 0 Å². The maximum atomic E-state index is 12.8. The van der Waals surface area contributed by atoms with Gasteiger partial charge in [-0.15, -0.1) is 0 Å². The fraction of sp³-hybridized carbons (Fsp3) is 0.778. The zero-order chi connectivity index (χ0) is 16.7. The van der Waals surface area contributed by atoms with Crippen LogP contribution in [0.3, 0.4) is 0 Å². The molecule has 24 heavy (non-hydrogen) atoms. The third kappa shape index (κ3) is 2.75. The molecule has 5 rings (SSSR count). The fourth-order valence-electron chi connectivity index (χ4n) is 4.74. The molecule has 4 aliphatic heterocycles. The zero-order valence-electron chi connectivity index (χ0n) is 14.9. The van der Waals surface area contributed by atoms with Gasteiger partial charge in [0, 0.05) is 50.0 Å². The first-order valence-corrected chi connectivity index (χ1v) is 9.47. The van der Waals surface area contributed by atoms with Crippen LogP contribution in [-0.4, -0.2) is 82.7 Å². The Morgan fingerprint density at radius 2 is 1.88 bits per heavy atom. The van der Waals surface area contributed by atoms with E-state index in [0.29, 0.717) is 11.7 Å². The van der Waals surface area contributed by atoms with Crippen LogP contribution >= 0.6 is 0 Å². The van der Waals surface area contributed by atoms with Gasteiger partial charge in [-0.1, -0.05) is 6.92 Å². The Balaban J connectivity index is 1.37. The minimum atomic E-state index is 0.0945. The smallest absolute Gasteiger partial charge is 0.274 e. The maximum absolute atomic E-state index is 12.8. The van der Waals surface area contributed by atoms with Crippen molar-refractivity contribution in [2.75, 3.05) is 45.8 Å². The SMILES string of the molecule is CCc1[nH]nc(C(=O)N2CCN([C@H]3CN4CCC3CC4)CC2)c1C. The van der Waals surface area contributed by atoms with Gasteiger partial charge in [0.05, 0.1) is 0 Å². The van der Waals surface area contributed by atoms with Gasteiger partial charge in [0.25, 0.3) is 5.91 Å². The van der Waals surface area contributed by atoms with E-state index < -0.39 is 0 Å². The number of aromatic nitrogens is 2. The highest BCUT2D eigenvalue weighted by Gasteiger charge is 2.38. The van der Waals surface area contributed by atoms with E-state index in [2.05, 4.69) is 26.9 Å². The fourth-order valence-corrected chi connectivity index (χ4v) is 4.74. The first kappa shape index (κ1) is 16.1. The summed E-state index contributed by atoms with van der Waals surface area (Å²) in [6.07, 6.45) is 3.60. The lowest BCUT2D eigenvalue weighted by molar-refractivity contribution is -0.0132. The van der Waals surface area contributed by atoms with Crippen molar-refractivity contribution < 1.29 is 4.79 Å². The quantitative estimate of drug-likeness (QED) is 0.902. The van der Waals surface area contributed by atoms with Crippen LogP contribution in [0.4, 0.5) is 0 Å². The maximum Gasteiger partial charge on any atom is 0.274 e. The molecular weight excluding hydrogens is 302 g/mol. The number of nitrogens with zero attached hydrogens (tertiary/aromatic N) is 4. The van der Waals surface area contributed by atoms with E-state index in [1.54, 1.807) is 0 Å². The van der Waals surface area contributed by atoms with Gasteiger partial charge in [-0.3, -0.25) is 14.8 Å². The van der Waals surface area contributed by atoms with Crippen molar-refractivity contribution in [1.82, 2.24) is 24.9 Å². The van der Waals surface area contributed by atoms with Crippen LogP contribution in [0.25, 0.3) is 0 Å². The molecule has 0 spiro atoms. The summed E-state index contributed by atoms with van der Waals surface area (Å²) in [4.78, 5) is 20.0. The molecule has 1 aromatic rings. The summed E-state index contributed by atoms with van der Waals surface area (Å²) in [7, 11) is 0. The highest BCUT2D eigenvalue weighted by atomic mass is 16.2. The monoisotopic (exact) mass is 331 g/mol. The topological polar surface area (TPSA) is 55.5 Å². The molecule has 0 aromatic carbocycles. The van der Waals surface area contributed by atoms with Crippen molar-refractivity contribution in [3.8, 4) is 0 Å². The third-order valence-corrected chi connectivity index (χ3v) is 6.36. The normalized spacial score (nSPS) is 30.8. The van der Waals surface area contributed by atoms with E-state index in [4.69, 9.17) is 0 Å². The van der Waals surface area contributed by atoms with Crippen LogP contribution in [-0.2, 0) is 6.42 Å². The van der Waals surface area contributed by atoms with Crippen molar-refractivity contribution in [2.24, 2.45) is 5.92 Å². The van der Waals surface area contributed by atoms with Gasteiger partial charge >= 0.3 is 0 Å².